The van der Waals surface area contributed by atoms with Gasteiger partial charge in [0.2, 0.25) is 0 Å². The lowest BCUT2D eigenvalue weighted by Crippen LogP contribution is -2.26. The summed E-state index contributed by atoms with van der Waals surface area (Å²) < 4.78 is 16.0. The van der Waals surface area contributed by atoms with E-state index in [-0.39, 0.29) is 15.4 Å². The van der Waals surface area contributed by atoms with Gasteiger partial charge in [-0.1, -0.05) is 41.4 Å². The number of halogens is 3. The van der Waals surface area contributed by atoms with Crippen LogP contribution in [0.2, 0.25) is 10.0 Å². The monoisotopic (exact) mass is 468 g/mol. The van der Waals surface area contributed by atoms with Crippen molar-refractivity contribution in [3.8, 4) is 5.69 Å². The second kappa shape index (κ2) is 7.89. The largest absolute Gasteiger partial charge is 0.360 e. The van der Waals surface area contributed by atoms with E-state index in [0.29, 0.717) is 33.7 Å². The van der Waals surface area contributed by atoms with Crippen LogP contribution in [0.25, 0.3) is 27.6 Å². The second-order valence-corrected chi connectivity index (χ2v) is 7.96. The smallest absolute Gasteiger partial charge is 0.266 e. The van der Waals surface area contributed by atoms with Crippen LogP contribution in [0.15, 0.2) is 59.9 Å². The zero-order valence-corrected chi connectivity index (χ0v) is 18.1. The molecule has 0 aliphatic carbocycles. The highest BCUT2D eigenvalue weighted by Crippen LogP contribution is 2.32. The first kappa shape index (κ1) is 20.4. The van der Waals surface area contributed by atoms with Crippen molar-refractivity contribution in [3.05, 3.63) is 87.0 Å². The molecular weight excluding hydrogens is 454 g/mol. The minimum absolute atomic E-state index is 0.0301. The number of pyridine rings is 1. The van der Waals surface area contributed by atoms with E-state index in [1.165, 1.54) is 23.3 Å². The first-order valence-corrected chi connectivity index (χ1v) is 10.4. The number of hydrogen-bond donors (Lipinski definition) is 2. The molecule has 5 rings (SSSR count). The van der Waals surface area contributed by atoms with Crippen LogP contribution in [-0.2, 0) is 0 Å². The Labute approximate surface area is 190 Å². The molecule has 0 spiro atoms. The summed E-state index contributed by atoms with van der Waals surface area (Å²) in [6, 6.07) is 10.8. The maximum atomic E-state index is 14.6. The van der Waals surface area contributed by atoms with Crippen molar-refractivity contribution in [2.45, 2.75) is 13.0 Å². The van der Waals surface area contributed by atoms with Crippen molar-refractivity contribution >= 4 is 51.0 Å². The number of imidazole rings is 1. The van der Waals surface area contributed by atoms with Gasteiger partial charge in [0.05, 0.1) is 33.5 Å². The molecule has 32 heavy (non-hydrogen) atoms. The standard InChI is InChI=1S/C22H15Cl2FN6O/c1-11(30-21-19-20(27-9-26-19)28-10-29-21)16-8-12-4-2-6-14(25)17(12)22(32)31(16)15-7-3-5-13(23)18(15)24/h2-11H,1H3,(H2,26,27,28,29,30)/t11-/m1/s1. The molecule has 0 bridgehead atoms. The average molecular weight is 469 g/mol. The van der Waals surface area contributed by atoms with Gasteiger partial charge in [0.25, 0.3) is 5.56 Å². The molecule has 10 heteroatoms. The fourth-order valence-electron chi connectivity index (χ4n) is 3.73. The lowest BCUT2D eigenvalue weighted by atomic mass is 10.1. The Balaban J connectivity index is 1.75. The number of aromatic amines is 1. The van der Waals surface area contributed by atoms with E-state index < -0.39 is 17.4 Å². The molecule has 0 radical (unpaired) electrons. The summed E-state index contributed by atoms with van der Waals surface area (Å²) in [5.41, 5.74) is 1.49. The number of fused-ring (bicyclic) bond motifs is 2. The molecule has 160 valence electrons. The van der Waals surface area contributed by atoms with E-state index in [1.807, 2.05) is 6.92 Å². The van der Waals surface area contributed by atoms with Crippen LogP contribution in [0, 0.1) is 5.82 Å². The number of H-pyrrole nitrogens is 1. The lowest BCUT2D eigenvalue weighted by Gasteiger charge is -2.22. The molecule has 2 aromatic carbocycles. The molecule has 3 aromatic heterocycles. The summed E-state index contributed by atoms with van der Waals surface area (Å²) >= 11 is 12.7. The van der Waals surface area contributed by atoms with Crippen LogP contribution in [0.1, 0.15) is 18.7 Å². The number of hydrogen-bond acceptors (Lipinski definition) is 5. The highest BCUT2D eigenvalue weighted by atomic mass is 35.5. The number of rotatable bonds is 4. The Morgan fingerprint density at radius 1 is 1.12 bits per heavy atom. The predicted molar refractivity (Wildman–Crippen MR) is 123 cm³/mol. The molecule has 0 unspecified atom stereocenters. The quantitative estimate of drug-likeness (QED) is 0.374. The number of nitrogens with zero attached hydrogens (tertiary/aromatic N) is 4. The predicted octanol–water partition coefficient (Wildman–Crippen LogP) is 5.28. The maximum Gasteiger partial charge on any atom is 0.266 e. The van der Waals surface area contributed by atoms with Gasteiger partial charge >= 0.3 is 0 Å². The van der Waals surface area contributed by atoms with Gasteiger partial charge in [0.15, 0.2) is 11.5 Å². The Morgan fingerprint density at radius 2 is 1.94 bits per heavy atom. The zero-order valence-electron chi connectivity index (χ0n) is 16.6. The lowest BCUT2D eigenvalue weighted by molar-refractivity contribution is 0.637. The first-order chi connectivity index (χ1) is 15.5. The summed E-state index contributed by atoms with van der Waals surface area (Å²) in [6.07, 6.45) is 2.92. The molecule has 0 saturated heterocycles. The zero-order chi connectivity index (χ0) is 22.4. The summed E-state index contributed by atoms with van der Waals surface area (Å²) in [5.74, 6) is -0.0999. The molecule has 3 heterocycles. The number of nitrogens with one attached hydrogen (secondary N) is 2. The van der Waals surface area contributed by atoms with Gasteiger partial charge in [-0.2, -0.15) is 0 Å². The Bertz CT molecular complexity index is 1550. The number of aromatic nitrogens is 5. The van der Waals surface area contributed by atoms with Crippen molar-refractivity contribution in [3.63, 3.8) is 0 Å². The first-order valence-electron chi connectivity index (χ1n) is 9.65. The number of anilines is 1. The summed E-state index contributed by atoms with van der Waals surface area (Å²) in [5, 5.41) is 4.21. The normalized spacial score (nSPS) is 12.4. The van der Waals surface area contributed by atoms with Crippen molar-refractivity contribution in [2.24, 2.45) is 0 Å². The third-order valence-electron chi connectivity index (χ3n) is 5.22. The van der Waals surface area contributed by atoms with Crippen molar-refractivity contribution in [1.82, 2.24) is 24.5 Å². The minimum atomic E-state index is -0.610. The van der Waals surface area contributed by atoms with E-state index in [2.05, 4.69) is 25.3 Å². The third-order valence-corrected chi connectivity index (χ3v) is 6.03. The van der Waals surface area contributed by atoms with Crippen LogP contribution < -0.4 is 10.9 Å². The van der Waals surface area contributed by atoms with E-state index in [9.17, 15) is 9.18 Å². The summed E-state index contributed by atoms with van der Waals surface area (Å²) in [4.78, 5) is 29.0. The molecule has 0 fully saturated rings. The van der Waals surface area contributed by atoms with Crippen molar-refractivity contribution in [2.75, 3.05) is 5.32 Å². The van der Waals surface area contributed by atoms with Gasteiger partial charge in [0, 0.05) is 5.69 Å². The molecule has 0 aliphatic rings. The third kappa shape index (κ3) is 3.28. The van der Waals surface area contributed by atoms with Gasteiger partial charge in [0.1, 0.15) is 17.7 Å². The van der Waals surface area contributed by atoms with Gasteiger partial charge < -0.3 is 10.3 Å². The van der Waals surface area contributed by atoms with Crippen molar-refractivity contribution < 1.29 is 4.39 Å². The van der Waals surface area contributed by atoms with Gasteiger partial charge in [-0.3, -0.25) is 9.36 Å². The van der Waals surface area contributed by atoms with Crippen LogP contribution in [-0.4, -0.2) is 24.5 Å². The van der Waals surface area contributed by atoms with Crippen LogP contribution >= 0.6 is 23.2 Å². The fourth-order valence-corrected chi connectivity index (χ4v) is 4.11. The molecule has 0 amide bonds. The molecule has 1 atom stereocenters. The SMILES string of the molecule is C[C@@H](Nc1ncnc2nc[nH]c12)c1cc2cccc(F)c2c(=O)n1-c1cccc(Cl)c1Cl. The van der Waals surface area contributed by atoms with E-state index in [1.54, 1.807) is 36.4 Å². The summed E-state index contributed by atoms with van der Waals surface area (Å²) in [7, 11) is 0. The van der Waals surface area contributed by atoms with Crippen LogP contribution in [0.4, 0.5) is 10.2 Å². The molecular formula is C22H15Cl2FN6O. The van der Waals surface area contributed by atoms with E-state index in [4.69, 9.17) is 23.2 Å². The highest BCUT2D eigenvalue weighted by Gasteiger charge is 2.21. The van der Waals surface area contributed by atoms with Crippen LogP contribution in [0.5, 0.6) is 0 Å². The second-order valence-electron chi connectivity index (χ2n) is 7.18. The Hall–Kier alpha value is -3.49. The van der Waals surface area contributed by atoms with Gasteiger partial charge in [-0.25, -0.2) is 19.3 Å². The van der Waals surface area contributed by atoms with Gasteiger partial charge in [-0.05, 0) is 36.6 Å². The molecule has 0 saturated carbocycles. The molecule has 2 N–H and O–H groups in total. The Kier molecular flexibility index (Phi) is 5.03. The maximum absolute atomic E-state index is 14.6. The number of benzene rings is 2. The van der Waals surface area contributed by atoms with Gasteiger partial charge in [-0.15, -0.1) is 0 Å². The Morgan fingerprint density at radius 3 is 2.78 bits per heavy atom. The summed E-state index contributed by atoms with van der Waals surface area (Å²) in [6.45, 7) is 1.86. The molecule has 5 aromatic rings. The topological polar surface area (TPSA) is 88.5 Å². The van der Waals surface area contributed by atoms with E-state index >= 15 is 0 Å². The molecule has 7 nitrogen and oxygen atoms in total. The van der Waals surface area contributed by atoms with Crippen LogP contribution in [0.3, 0.4) is 0 Å². The van der Waals surface area contributed by atoms with Crippen molar-refractivity contribution in [1.29, 1.82) is 0 Å². The average Bonchev–Trinajstić information content (AvgIpc) is 3.26. The fraction of sp³-hybridized carbons (Fsp3) is 0.0909. The highest BCUT2D eigenvalue weighted by molar-refractivity contribution is 6.43. The minimum Gasteiger partial charge on any atom is -0.360 e. The molecule has 0 aliphatic heterocycles. The van der Waals surface area contributed by atoms with E-state index in [0.717, 1.165) is 0 Å².